The molecule has 0 unspecified atom stereocenters. The van der Waals surface area contributed by atoms with Crippen LogP contribution in [0.5, 0.6) is 11.5 Å². The molecule has 0 aromatic heterocycles. The highest BCUT2D eigenvalue weighted by atomic mass is 16.5. The van der Waals surface area contributed by atoms with Crippen LogP contribution in [0.3, 0.4) is 0 Å². The molecule has 0 aliphatic rings. The molecule has 0 aliphatic carbocycles. The Labute approximate surface area is 180 Å². The van der Waals surface area contributed by atoms with E-state index in [4.69, 9.17) is 9.47 Å². The van der Waals surface area contributed by atoms with Gasteiger partial charge < -0.3 is 14.4 Å². The van der Waals surface area contributed by atoms with Crippen molar-refractivity contribution in [3.63, 3.8) is 0 Å². The van der Waals surface area contributed by atoms with Gasteiger partial charge in [0.15, 0.2) is 0 Å². The third-order valence-corrected chi connectivity index (χ3v) is 4.79. The third kappa shape index (κ3) is 6.50. The fraction of sp³-hybridized carbons (Fsp3) is 0.259. The predicted molar refractivity (Wildman–Crippen MR) is 125 cm³/mol. The van der Waals surface area contributed by atoms with E-state index in [-0.39, 0.29) is 0 Å². The van der Waals surface area contributed by atoms with E-state index in [0.29, 0.717) is 13.2 Å². The molecule has 3 nitrogen and oxygen atoms in total. The predicted octanol–water partition coefficient (Wildman–Crippen LogP) is 6.05. The van der Waals surface area contributed by atoms with Gasteiger partial charge in [-0.25, -0.2) is 0 Å². The van der Waals surface area contributed by atoms with E-state index in [9.17, 15) is 0 Å². The summed E-state index contributed by atoms with van der Waals surface area (Å²) in [5, 5.41) is 0. The molecule has 156 valence electrons. The van der Waals surface area contributed by atoms with Gasteiger partial charge in [0.05, 0.1) is 0 Å². The number of rotatable bonds is 10. The Kier molecular flexibility index (Phi) is 8.10. The summed E-state index contributed by atoms with van der Waals surface area (Å²) < 4.78 is 11.7. The minimum Gasteiger partial charge on any atom is -0.492 e. The maximum absolute atomic E-state index is 5.92. The van der Waals surface area contributed by atoms with Gasteiger partial charge in [0.2, 0.25) is 0 Å². The van der Waals surface area contributed by atoms with E-state index < -0.39 is 0 Å². The fourth-order valence-corrected chi connectivity index (χ4v) is 3.15. The normalized spacial score (nSPS) is 11.5. The summed E-state index contributed by atoms with van der Waals surface area (Å²) in [5.41, 5.74) is 4.77. The van der Waals surface area contributed by atoms with Gasteiger partial charge in [-0.3, -0.25) is 0 Å². The van der Waals surface area contributed by atoms with Gasteiger partial charge in [0, 0.05) is 6.54 Å². The zero-order chi connectivity index (χ0) is 21.2. The summed E-state index contributed by atoms with van der Waals surface area (Å²) in [7, 11) is 4.10. The maximum atomic E-state index is 5.92. The summed E-state index contributed by atoms with van der Waals surface area (Å²) in [6.07, 6.45) is 3.24. The molecule has 30 heavy (non-hydrogen) atoms. The van der Waals surface area contributed by atoms with Crippen molar-refractivity contribution in [2.45, 2.75) is 20.0 Å². The second-order valence-corrected chi connectivity index (χ2v) is 7.50. The number of benzene rings is 3. The van der Waals surface area contributed by atoms with Crippen LogP contribution in [0.4, 0.5) is 0 Å². The topological polar surface area (TPSA) is 21.7 Å². The van der Waals surface area contributed by atoms with Crippen LogP contribution in [0.1, 0.15) is 30.0 Å². The molecule has 0 N–H and O–H groups in total. The standard InChI is InChI=1S/C27H31NO2/c1-4-8-27(23-11-15-25(16-12-23)29-20-19-28(2)3)24-13-17-26(18-14-24)30-21-22-9-6-5-7-10-22/h5-18H,4,19-21H2,1-3H3. The summed E-state index contributed by atoms with van der Waals surface area (Å²) >= 11 is 0. The molecule has 3 aromatic rings. The molecule has 3 aromatic carbocycles. The van der Waals surface area contributed by atoms with Crippen molar-refractivity contribution in [3.05, 3.63) is 102 Å². The van der Waals surface area contributed by atoms with E-state index >= 15 is 0 Å². The summed E-state index contributed by atoms with van der Waals surface area (Å²) in [5.74, 6) is 1.78. The first-order chi connectivity index (χ1) is 14.7. The van der Waals surface area contributed by atoms with Crippen molar-refractivity contribution >= 4 is 5.57 Å². The average Bonchev–Trinajstić information content (AvgIpc) is 2.78. The monoisotopic (exact) mass is 401 g/mol. The Hall–Kier alpha value is -3.04. The van der Waals surface area contributed by atoms with Crippen LogP contribution < -0.4 is 9.47 Å². The van der Waals surface area contributed by atoms with Gasteiger partial charge in [0.1, 0.15) is 24.7 Å². The Morgan fingerprint density at radius 2 is 1.33 bits per heavy atom. The highest BCUT2D eigenvalue weighted by molar-refractivity contribution is 5.80. The molecule has 0 fully saturated rings. The van der Waals surface area contributed by atoms with Crippen LogP contribution in [-0.4, -0.2) is 32.1 Å². The summed E-state index contributed by atoms with van der Waals surface area (Å²) in [4.78, 5) is 2.11. The van der Waals surface area contributed by atoms with E-state index in [1.54, 1.807) is 0 Å². The summed E-state index contributed by atoms with van der Waals surface area (Å²) in [6.45, 7) is 4.33. The molecule has 3 rings (SSSR count). The first kappa shape index (κ1) is 21.7. The van der Waals surface area contributed by atoms with Crippen LogP contribution in [0.25, 0.3) is 5.57 Å². The smallest absolute Gasteiger partial charge is 0.119 e. The van der Waals surface area contributed by atoms with Crippen molar-refractivity contribution < 1.29 is 9.47 Å². The lowest BCUT2D eigenvalue weighted by atomic mass is 9.97. The number of hydrogen-bond acceptors (Lipinski definition) is 3. The Morgan fingerprint density at radius 3 is 1.87 bits per heavy atom. The van der Waals surface area contributed by atoms with Crippen LogP contribution in [-0.2, 0) is 6.61 Å². The molecular weight excluding hydrogens is 370 g/mol. The average molecular weight is 402 g/mol. The van der Waals surface area contributed by atoms with Crippen molar-refractivity contribution in [2.24, 2.45) is 0 Å². The Morgan fingerprint density at radius 1 is 0.767 bits per heavy atom. The molecule has 0 aliphatic heterocycles. The lowest BCUT2D eigenvalue weighted by molar-refractivity contribution is 0.261. The van der Waals surface area contributed by atoms with E-state index in [1.807, 2.05) is 56.6 Å². The van der Waals surface area contributed by atoms with Gasteiger partial charge >= 0.3 is 0 Å². The second-order valence-electron chi connectivity index (χ2n) is 7.50. The molecule has 0 saturated heterocycles. The quantitative estimate of drug-likeness (QED) is 0.413. The molecule has 0 heterocycles. The molecule has 0 bridgehead atoms. The van der Waals surface area contributed by atoms with E-state index in [0.717, 1.165) is 24.5 Å². The summed E-state index contributed by atoms with van der Waals surface area (Å²) in [6, 6.07) is 26.9. The third-order valence-electron chi connectivity index (χ3n) is 4.79. The van der Waals surface area contributed by atoms with E-state index in [2.05, 4.69) is 54.3 Å². The minimum atomic E-state index is 0.577. The lowest BCUT2D eigenvalue weighted by Gasteiger charge is -2.13. The number of ether oxygens (including phenoxy) is 2. The Balaban J connectivity index is 1.66. The van der Waals surface area contributed by atoms with Crippen LogP contribution >= 0.6 is 0 Å². The molecule has 0 saturated carbocycles. The van der Waals surface area contributed by atoms with Crippen molar-refractivity contribution in [1.82, 2.24) is 4.90 Å². The maximum Gasteiger partial charge on any atom is 0.119 e. The number of likely N-dealkylation sites (N-methyl/N-ethyl adjacent to an activating group) is 1. The number of allylic oxidation sites excluding steroid dienone is 1. The number of nitrogens with zero attached hydrogens (tertiary/aromatic N) is 1. The van der Waals surface area contributed by atoms with Gasteiger partial charge in [-0.1, -0.05) is 67.6 Å². The van der Waals surface area contributed by atoms with Crippen LogP contribution in [0, 0.1) is 0 Å². The minimum absolute atomic E-state index is 0.577. The van der Waals surface area contributed by atoms with Gasteiger partial charge in [-0.2, -0.15) is 0 Å². The molecule has 0 atom stereocenters. The molecule has 0 spiro atoms. The van der Waals surface area contributed by atoms with Gasteiger partial charge in [-0.05, 0) is 67.0 Å². The SMILES string of the molecule is CCC=C(c1ccc(OCCN(C)C)cc1)c1ccc(OCc2ccccc2)cc1. The highest BCUT2D eigenvalue weighted by Crippen LogP contribution is 2.27. The van der Waals surface area contributed by atoms with Crippen molar-refractivity contribution in [1.29, 1.82) is 0 Å². The molecular formula is C27H31NO2. The lowest BCUT2D eigenvalue weighted by Crippen LogP contribution is -2.19. The molecule has 3 heteroatoms. The first-order valence-corrected chi connectivity index (χ1v) is 10.5. The second kappa shape index (κ2) is 11.2. The van der Waals surface area contributed by atoms with Gasteiger partial charge in [-0.15, -0.1) is 0 Å². The van der Waals surface area contributed by atoms with E-state index in [1.165, 1.54) is 22.3 Å². The van der Waals surface area contributed by atoms with Crippen LogP contribution in [0.15, 0.2) is 84.9 Å². The number of hydrogen-bond donors (Lipinski definition) is 0. The Bertz CT molecular complexity index is 913. The fourth-order valence-electron chi connectivity index (χ4n) is 3.15. The van der Waals surface area contributed by atoms with Crippen LogP contribution in [0.2, 0.25) is 0 Å². The molecule has 0 amide bonds. The van der Waals surface area contributed by atoms with Crippen molar-refractivity contribution in [3.8, 4) is 11.5 Å². The highest BCUT2D eigenvalue weighted by Gasteiger charge is 2.06. The zero-order valence-electron chi connectivity index (χ0n) is 18.2. The zero-order valence-corrected chi connectivity index (χ0v) is 18.2. The van der Waals surface area contributed by atoms with Crippen molar-refractivity contribution in [2.75, 3.05) is 27.2 Å². The van der Waals surface area contributed by atoms with Gasteiger partial charge in [0.25, 0.3) is 0 Å². The molecule has 0 radical (unpaired) electrons. The first-order valence-electron chi connectivity index (χ1n) is 10.5. The largest absolute Gasteiger partial charge is 0.492 e.